The van der Waals surface area contributed by atoms with Crippen LogP contribution < -0.4 is 11.1 Å². The summed E-state index contributed by atoms with van der Waals surface area (Å²) in [6.07, 6.45) is 8.08. The number of carbonyl (C=O) groups excluding carboxylic acids is 1. The van der Waals surface area contributed by atoms with Gasteiger partial charge in [0.2, 0.25) is 5.91 Å². The zero-order valence-corrected chi connectivity index (χ0v) is 20.5. The fourth-order valence-electron chi connectivity index (χ4n) is 5.16. The van der Waals surface area contributed by atoms with Crippen molar-refractivity contribution in [3.05, 3.63) is 64.8 Å². The van der Waals surface area contributed by atoms with Gasteiger partial charge in [-0.05, 0) is 91.9 Å². The maximum atomic E-state index is 13.0. The average Bonchev–Trinajstić information content (AvgIpc) is 3.37. The van der Waals surface area contributed by atoms with Crippen LogP contribution in [-0.2, 0) is 17.8 Å². The predicted octanol–water partition coefficient (Wildman–Crippen LogP) is 5.27. The molecule has 33 heavy (non-hydrogen) atoms. The van der Waals surface area contributed by atoms with Crippen molar-refractivity contribution in [2.24, 2.45) is 5.73 Å². The van der Waals surface area contributed by atoms with Crippen LogP contribution in [0.2, 0.25) is 0 Å². The van der Waals surface area contributed by atoms with Crippen LogP contribution in [0, 0.1) is 6.92 Å². The van der Waals surface area contributed by atoms with E-state index >= 15 is 0 Å². The molecule has 5 nitrogen and oxygen atoms in total. The van der Waals surface area contributed by atoms with Crippen LogP contribution in [0.3, 0.4) is 0 Å². The number of nitrogens with two attached hydrogens (primary N) is 1. The highest BCUT2D eigenvalue weighted by atomic mass is 32.2. The molecular formula is C27H34N4OS. The summed E-state index contributed by atoms with van der Waals surface area (Å²) >= 11 is 1.86. The van der Waals surface area contributed by atoms with Gasteiger partial charge < -0.3 is 15.6 Å². The summed E-state index contributed by atoms with van der Waals surface area (Å²) in [5.41, 5.74) is 12.2. The minimum Gasteiger partial charge on any atom is -0.350 e. The molecule has 2 aliphatic rings. The fraction of sp³-hybridized carbons (Fsp3) is 0.444. The molecule has 1 aliphatic carbocycles. The summed E-state index contributed by atoms with van der Waals surface area (Å²) < 4.78 is 4.58. The van der Waals surface area contributed by atoms with Gasteiger partial charge in [-0.25, -0.2) is 4.31 Å². The second-order valence-electron chi connectivity index (χ2n) is 9.55. The van der Waals surface area contributed by atoms with Crippen LogP contribution in [0.25, 0.3) is 10.9 Å². The molecule has 2 aromatic carbocycles. The summed E-state index contributed by atoms with van der Waals surface area (Å²) in [6.45, 7) is 6.98. The monoisotopic (exact) mass is 462 g/mol. The third kappa shape index (κ3) is 4.70. The Morgan fingerprint density at radius 2 is 2.00 bits per heavy atom. The molecule has 2 heterocycles. The highest BCUT2D eigenvalue weighted by Gasteiger charge is 2.21. The maximum absolute atomic E-state index is 13.0. The van der Waals surface area contributed by atoms with Crippen LogP contribution in [0.5, 0.6) is 0 Å². The van der Waals surface area contributed by atoms with Gasteiger partial charge in [0.1, 0.15) is 6.04 Å². The van der Waals surface area contributed by atoms with Crippen molar-refractivity contribution >= 4 is 28.8 Å². The van der Waals surface area contributed by atoms with Crippen LogP contribution in [0.1, 0.15) is 66.9 Å². The number of piperidine rings is 1. The van der Waals surface area contributed by atoms with Crippen molar-refractivity contribution in [2.75, 3.05) is 13.1 Å². The van der Waals surface area contributed by atoms with E-state index in [1.165, 1.54) is 46.2 Å². The molecule has 3 aromatic rings. The largest absolute Gasteiger partial charge is 0.350 e. The molecule has 0 bridgehead atoms. The van der Waals surface area contributed by atoms with Crippen LogP contribution in [-0.4, -0.2) is 27.9 Å². The predicted molar refractivity (Wildman–Crippen MR) is 136 cm³/mol. The molecule has 1 saturated heterocycles. The number of hydrogen-bond acceptors (Lipinski definition) is 4. The number of nitrogens with zero attached hydrogens (tertiary/aromatic N) is 2. The van der Waals surface area contributed by atoms with E-state index in [2.05, 4.69) is 63.7 Å². The quantitative estimate of drug-likeness (QED) is 0.490. The molecular weight excluding hydrogens is 428 g/mol. The van der Waals surface area contributed by atoms with Crippen molar-refractivity contribution in [1.82, 2.24) is 14.2 Å². The molecule has 5 rings (SSSR count). The standard InChI is InChI=1S/C27H34N4OS/c1-18-17-31(26-11-8-22(15-24(18)26)33-30-12-4-3-5-13-30)19(2)27(32)29-16-20-6-9-23-21(14-20)7-10-25(23)28/h6,8-9,11,14-15,17,19,25H,3-5,7,10,12-13,16,28H2,1-2H3,(H,29,32). The van der Waals surface area contributed by atoms with Gasteiger partial charge in [-0.3, -0.25) is 4.79 Å². The molecule has 0 saturated carbocycles. The van der Waals surface area contributed by atoms with Crippen molar-refractivity contribution in [3.8, 4) is 0 Å². The second kappa shape index (κ2) is 9.53. The van der Waals surface area contributed by atoms with E-state index in [0.29, 0.717) is 6.54 Å². The van der Waals surface area contributed by atoms with Crippen molar-refractivity contribution in [1.29, 1.82) is 0 Å². The zero-order chi connectivity index (χ0) is 22.9. The molecule has 0 spiro atoms. The second-order valence-corrected chi connectivity index (χ2v) is 10.7. The van der Waals surface area contributed by atoms with Crippen LogP contribution >= 0.6 is 11.9 Å². The Morgan fingerprint density at radius 1 is 1.18 bits per heavy atom. The Bertz CT molecular complexity index is 1160. The summed E-state index contributed by atoms with van der Waals surface area (Å²) in [5.74, 6) is 0.0378. The molecule has 0 radical (unpaired) electrons. The fourth-order valence-corrected chi connectivity index (χ4v) is 6.20. The highest BCUT2D eigenvalue weighted by Crippen LogP contribution is 2.32. The summed E-state index contributed by atoms with van der Waals surface area (Å²) in [6, 6.07) is 12.9. The van der Waals surface area contributed by atoms with Gasteiger partial charge in [0.15, 0.2) is 0 Å². The minimum atomic E-state index is -0.273. The molecule has 2 unspecified atom stereocenters. The molecule has 174 valence electrons. The van der Waals surface area contributed by atoms with E-state index in [-0.39, 0.29) is 18.0 Å². The van der Waals surface area contributed by atoms with Crippen LogP contribution in [0.4, 0.5) is 0 Å². The Kier molecular flexibility index (Phi) is 6.50. The topological polar surface area (TPSA) is 63.3 Å². The van der Waals surface area contributed by atoms with Gasteiger partial charge in [-0.1, -0.05) is 24.6 Å². The lowest BCUT2D eigenvalue weighted by atomic mass is 10.0. The Hall–Kier alpha value is -2.28. The average molecular weight is 463 g/mol. The first-order valence-corrected chi connectivity index (χ1v) is 13.0. The third-order valence-electron chi connectivity index (χ3n) is 7.15. The zero-order valence-electron chi connectivity index (χ0n) is 19.6. The summed E-state index contributed by atoms with van der Waals surface area (Å²) in [5, 5.41) is 4.37. The SMILES string of the molecule is Cc1cn(C(C)C(=O)NCc2ccc3c(c2)CCC3N)c2ccc(SN3CCCCC3)cc12. The Morgan fingerprint density at radius 3 is 2.82 bits per heavy atom. The molecule has 1 aromatic heterocycles. The normalized spacial score (nSPS) is 19.5. The molecule has 1 fully saturated rings. The van der Waals surface area contributed by atoms with E-state index in [1.807, 2.05) is 18.9 Å². The van der Waals surface area contributed by atoms with Crippen LogP contribution in [0.15, 0.2) is 47.5 Å². The smallest absolute Gasteiger partial charge is 0.243 e. The minimum absolute atomic E-state index is 0.0378. The molecule has 1 amide bonds. The van der Waals surface area contributed by atoms with E-state index in [0.717, 1.165) is 37.0 Å². The van der Waals surface area contributed by atoms with Gasteiger partial charge in [0.05, 0.1) is 0 Å². The van der Waals surface area contributed by atoms with Gasteiger partial charge in [0.25, 0.3) is 0 Å². The number of nitrogens with one attached hydrogen (secondary N) is 1. The van der Waals surface area contributed by atoms with Crippen molar-refractivity contribution in [3.63, 3.8) is 0 Å². The molecule has 6 heteroatoms. The number of benzene rings is 2. The summed E-state index contributed by atoms with van der Waals surface area (Å²) in [4.78, 5) is 14.3. The van der Waals surface area contributed by atoms with Crippen molar-refractivity contribution in [2.45, 2.75) is 69.5 Å². The molecule has 3 N–H and O–H groups in total. The number of fused-ring (bicyclic) bond motifs is 2. The number of hydrogen-bond donors (Lipinski definition) is 2. The molecule has 1 aliphatic heterocycles. The number of carbonyl (C=O) groups is 1. The van der Waals surface area contributed by atoms with Gasteiger partial charge in [-0.2, -0.15) is 0 Å². The number of amides is 1. The van der Waals surface area contributed by atoms with E-state index in [4.69, 9.17) is 5.73 Å². The number of aryl methyl sites for hydroxylation is 2. The lowest BCUT2D eigenvalue weighted by Crippen LogP contribution is -2.30. The lowest BCUT2D eigenvalue weighted by Gasteiger charge is -2.25. The molecule has 2 atom stereocenters. The Labute approximate surface area is 200 Å². The van der Waals surface area contributed by atoms with E-state index in [1.54, 1.807) is 0 Å². The first-order valence-electron chi connectivity index (χ1n) is 12.2. The lowest BCUT2D eigenvalue weighted by molar-refractivity contribution is -0.123. The van der Waals surface area contributed by atoms with Gasteiger partial charge in [-0.15, -0.1) is 0 Å². The van der Waals surface area contributed by atoms with Crippen molar-refractivity contribution < 1.29 is 4.79 Å². The summed E-state index contributed by atoms with van der Waals surface area (Å²) in [7, 11) is 0. The Balaban J connectivity index is 1.27. The van der Waals surface area contributed by atoms with Gasteiger partial charge >= 0.3 is 0 Å². The van der Waals surface area contributed by atoms with E-state index < -0.39 is 0 Å². The number of rotatable bonds is 6. The first-order chi connectivity index (χ1) is 16.0. The highest BCUT2D eigenvalue weighted by molar-refractivity contribution is 7.97. The van der Waals surface area contributed by atoms with Gasteiger partial charge in [0, 0.05) is 47.7 Å². The maximum Gasteiger partial charge on any atom is 0.243 e. The third-order valence-corrected chi connectivity index (χ3v) is 8.24. The first kappa shape index (κ1) is 22.5. The van der Waals surface area contributed by atoms with E-state index in [9.17, 15) is 4.79 Å². The number of aromatic nitrogens is 1.